The SMILES string of the molecule is CCC(NC(=O)NCC(C)(O)c1ccco1)c1ccc(C)cc1. The first-order valence-corrected chi connectivity index (χ1v) is 7.79. The Hall–Kier alpha value is -2.27. The second kappa shape index (κ2) is 7.33. The quantitative estimate of drug-likeness (QED) is 0.766. The maximum absolute atomic E-state index is 12.1. The third kappa shape index (κ3) is 4.60. The van der Waals surface area contributed by atoms with Crippen LogP contribution in [-0.4, -0.2) is 17.7 Å². The molecule has 1 aromatic heterocycles. The number of hydrogen-bond donors (Lipinski definition) is 3. The van der Waals surface area contributed by atoms with Gasteiger partial charge in [0.2, 0.25) is 0 Å². The van der Waals surface area contributed by atoms with Crippen LogP contribution in [-0.2, 0) is 5.60 Å². The molecule has 1 aromatic carbocycles. The average molecular weight is 316 g/mol. The number of nitrogens with one attached hydrogen (secondary N) is 2. The first-order valence-electron chi connectivity index (χ1n) is 7.79. The van der Waals surface area contributed by atoms with Crippen molar-refractivity contribution in [2.75, 3.05) is 6.54 Å². The summed E-state index contributed by atoms with van der Waals surface area (Å²) in [6.07, 6.45) is 2.28. The molecule has 0 spiro atoms. The number of hydrogen-bond acceptors (Lipinski definition) is 3. The molecule has 0 aliphatic rings. The molecule has 5 heteroatoms. The highest BCUT2D eigenvalue weighted by Crippen LogP contribution is 2.20. The monoisotopic (exact) mass is 316 g/mol. The number of benzene rings is 1. The van der Waals surface area contributed by atoms with Crippen LogP contribution in [0.4, 0.5) is 4.79 Å². The van der Waals surface area contributed by atoms with E-state index in [4.69, 9.17) is 4.42 Å². The molecule has 5 nitrogen and oxygen atoms in total. The Balaban J connectivity index is 1.91. The summed E-state index contributed by atoms with van der Waals surface area (Å²) in [4.78, 5) is 12.1. The Bertz CT molecular complexity index is 618. The van der Waals surface area contributed by atoms with E-state index in [0.717, 1.165) is 12.0 Å². The fourth-order valence-electron chi connectivity index (χ4n) is 2.35. The van der Waals surface area contributed by atoms with Crippen LogP contribution in [0, 0.1) is 6.92 Å². The van der Waals surface area contributed by atoms with Gasteiger partial charge in [-0.3, -0.25) is 0 Å². The minimum atomic E-state index is -1.24. The number of amides is 2. The number of rotatable bonds is 6. The second-order valence-corrected chi connectivity index (χ2v) is 5.95. The van der Waals surface area contributed by atoms with Crippen LogP contribution in [0.2, 0.25) is 0 Å². The zero-order valence-corrected chi connectivity index (χ0v) is 13.8. The lowest BCUT2D eigenvalue weighted by Crippen LogP contribution is -2.44. The van der Waals surface area contributed by atoms with Crippen LogP contribution < -0.4 is 10.6 Å². The van der Waals surface area contributed by atoms with Gasteiger partial charge in [0.15, 0.2) is 0 Å². The van der Waals surface area contributed by atoms with Gasteiger partial charge in [-0.1, -0.05) is 36.8 Å². The van der Waals surface area contributed by atoms with Crippen LogP contribution in [0.15, 0.2) is 47.1 Å². The molecule has 124 valence electrons. The summed E-state index contributed by atoms with van der Waals surface area (Å²) in [6, 6.07) is 11.1. The van der Waals surface area contributed by atoms with E-state index in [1.807, 2.05) is 38.1 Å². The molecular formula is C18H24N2O3. The molecule has 0 aliphatic carbocycles. The number of urea groups is 1. The van der Waals surface area contributed by atoms with E-state index in [1.165, 1.54) is 11.8 Å². The minimum Gasteiger partial charge on any atom is -0.466 e. The Labute approximate surface area is 136 Å². The lowest BCUT2D eigenvalue weighted by atomic mass is 10.0. The summed E-state index contributed by atoms with van der Waals surface area (Å²) in [5, 5.41) is 16.0. The summed E-state index contributed by atoms with van der Waals surface area (Å²) in [7, 11) is 0. The van der Waals surface area contributed by atoms with Crippen LogP contribution in [0.3, 0.4) is 0 Å². The Morgan fingerprint density at radius 3 is 2.57 bits per heavy atom. The van der Waals surface area contributed by atoms with E-state index in [0.29, 0.717) is 5.76 Å². The molecule has 0 saturated carbocycles. The molecule has 0 fully saturated rings. The van der Waals surface area contributed by atoms with Crippen molar-refractivity contribution in [1.82, 2.24) is 10.6 Å². The Morgan fingerprint density at radius 1 is 1.30 bits per heavy atom. The van der Waals surface area contributed by atoms with E-state index < -0.39 is 5.60 Å². The van der Waals surface area contributed by atoms with Gasteiger partial charge < -0.3 is 20.2 Å². The van der Waals surface area contributed by atoms with Gasteiger partial charge in [0, 0.05) is 0 Å². The largest absolute Gasteiger partial charge is 0.466 e. The van der Waals surface area contributed by atoms with Crippen molar-refractivity contribution < 1.29 is 14.3 Å². The number of furan rings is 1. The third-order valence-electron chi connectivity index (χ3n) is 3.84. The van der Waals surface area contributed by atoms with Crippen molar-refractivity contribution in [2.45, 2.75) is 38.8 Å². The maximum Gasteiger partial charge on any atom is 0.315 e. The van der Waals surface area contributed by atoms with E-state index >= 15 is 0 Å². The molecule has 2 amide bonds. The smallest absolute Gasteiger partial charge is 0.315 e. The average Bonchev–Trinajstić information content (AvgIpc) is 3.07. The van der Waals surface area contributed by atoms with Crippen LogP contribution in [0.5, 0.6) is 0 Å². The third-order valence-corrected chi connectivity index (χ3v) is 3.84. The molecule has 0 bridgehead atoms. The standard InChI is InChI=1S/C18H24N2O3/c1-4-15(14-9-7-13(2)8-10-14)20-17(21)19-12-18(3,22)16-6-5-11-23-16/h5-11,15,22H,4,12H2,1-3H3,(H2,19,20,21). The van der Waals surface area contributed by atoms with Crippen LogP contribution >= 0.6 is 0 Å². The highest BCUT2D eigenvalue weighted by Gasteiger charge is 2.27. The molecule has 3 N–H and O–H groups in total. The summed E-state index contributed by atoms with van der Waals surface area (Å²) >= 11 is 0. The molecule has 1 heterocycles. The highest BCUT2D eigenvalue weighted by molar-refractivity contribution is 5.74. The molecule has 2 aromatic rings. The van der Waals surface area contributed by atoms with Crippen molar-refractivity contribution in [3.63, 3.8) is 0 Å². The topological polar surface area (TPSA) is 74.5 Å². The highest BCUT2D eigenvalue weighted by atomic mass is 16.4. The molecule has 2 rings (SSSR count). The number of carbonyl (C=O) groups excluding carboxylic acids is 1. The van der Waals surface area contributed by atoms with Gasteiger partial charge in [0.05, 0.1) is 18.8 Å². The van der Waals surface area contributed by atoms with Gasteiger partial charge in [0.25, 0.3) is 0 Å². The van der Waals surface area contributed by atoms with Gasteiger partial charge >= 0.3 is 6.03 Å². The van der Waals surface area contributed by atoms with Gasteiger partial charge in [0.1, 0.15) is 11.4 Å². The van der Waals surface area contributed by atoms with Crippen molar-refractivity contribution in [3.05, 3.63) is 59.5 Å². The maximum atomic E-state index is 12.1. The predicted octanol–water partition coefficient (Wildman–Crippen LogP) is 3.25. The lowest BCUT2D eigenvalue weighted by Gasteiger charge is -2.23. The van der Waals surface area contributed by atoms with Crippen molar-refractivity contribution in [3.8, 4) is 0 Å². The van der Waals surface area contributed by atoms with E-state index in [-0.39, 0.29) is 18.6 Å². The van der Waals surface area contributed by atoms with Crippen molar-refractivity contribution in [2.24, 2.45) is 0 Å². The second-order valence-electron chi connectivity index (χ2n) is 5.95. The van der Waals surface area contributed by atoms with E-state index in [9.17, 15) is 9.90 Å². The zero-order chi connectivity index (χ0) is 16.9. The number of carbonyl (C=O) groups is 1. The molecule has 0 saturated heterocycles. The summed E-state index contributed by atoms with van der Waals surface area (Å²) in [5.74, 6) is 0.420. The summed E-state index contributed by atoms with van der Waals surface area (Å²) < 4.78 is 5.19. The predicted molar refractivity (Wildman–Crippen MR) is 89.0 cm³/mol. The number of aryl methyl sites for hydroxylation is 1. The summed E-state index contributed by atoms with van der Waals surface area (Å²) in [6.45, 7) is 5.71. The number of aliphatic hydroxyl groups is 1. The van der Waals surface area contributed by atoms with Crippen molar-refractivity contribution >= 4 is 6.03 Å². The van der Waals surface area contributed by atoms with Gasteiger partial charge in [-0.25, -0.2) is 4.79 Å². The molecule has 2 atom stereocenters. The van der Waals surface area contributed by atoms with Crippen LogP contribution in [0.25, 0.3) is 0 Å². The van der Waals surface area contributed by atoms with Crippen molar-refractivity contribution in [1.29, 1.82) is 0 Å². The molecule has 23 heavy (non-hydrogen) atoms. The fourth-order valence-corrected chi connectivity index (χ4v) is 2.35. The molecule has 0 aliphatic heterocycles. The molecule has 2 unspecified atom stereocenters. The lowest BCUT2D eigenvalue weighted by molar-refractivity contribution is 0.0366. The van der Waals surface area contributed by atoms with E-state index in [2.05, 4.69) is 10.6 Å². The summed E-state index contributed by atoms with van der Waals surface area (Å²) in [5.41, 5.74) is 1.00. The molecule has 0 radical (unpaired) electrons. The normalized spacial score (nSPS) is 14.8. The molecular weight excluding hydrogens is 292 g/mol. The zero-order valence-electron chi connectivity index (χ0n) is 13.8. The Kier molecular flexibility index (Phi) is 5.45. The van der Waals surface area contributed by atoms with Gasteiger partial charge in [-0.2, -0.15) is 0 Å². The Morgan fingerprint density at radius 2 is 2.00 bits per heavy atom. The van der Waals surface area contributed by atoms with Gasteiger partial charge in [-0.15, -0.1) is 0 Å². The van der Waals surface area contributed by atoms with E-state index in [1.54, 1.807) is 19.1 Å². The minimum absolute atomic E-state index is 0.0656. The first kappa shape index (κ1) is 17.1. The fraction of sp³-hybridized carbons (Fsp3) is 0.389. The first-order chi connectivity index (χ1) is 10.9. The van der Waals surface area contributed by atoms with Crippen LogP contribution in [0.1, 0.15) is 43.2 Å². The van der Waals surface area contributed by atoms with Gasteiger partial charge in [-0.05, 0) is 38.0 Å².